The minimum absolute atomic E-state index is 0.0256. The number of carbonyl (C=O) groups excluding carboxylic acids is 2. The zero-order chi connectivity index (χ0) is 64.1. The second-order valence-corrected chi connectivity index (χ2v) is 26.0. The van der Waals surface area contributed by atoms with Gasteiger partial charge in [-0.05, 0) is 116 Å². The molecule has 0 aliphatic heterocycles. The Kier molecular flexibility index (Phi) is 64.1. The van der Waals surface area contributed by atoms with Crippen LogP contribution in [0.1, 0.15) is 284 Å². The van der Waals surface area contributed by atoms with Crippen LogP contribution in [0.15, 0.2) is 146 Å². The van der Waals surface area contributed by atoms with E-state index in [2.05, 4.69) is 160 Å². The third kappa shape index (κ3) is 71.0. The van der Waals surface area contributed by atoms with E-state index in [0.717, 1.165) is 116 Å². The maximum absolute atomic E-state index is 12.9. The highest BCUT2D eigenvalue weighted by Crippen LogP contribution is 2.43. The maximum Gasteiger partial charge on any atom is 0.472 e. The lowest BCUT2D eigenvalue weighted by molar-refractivity contribution is -0.870. The van der Waals surface area contributed by atoms with E-state index in [9.17, 15) is 19.0 Å². The molecule has 0 aromatic rings. The van der Waals surface area contributed by atoms with Crippen molar-refractivity contribution in [3.63, 3.8) is 0 Å². The molecule has 0 radical (unpaired) electrons. The number of hydrogen-bond acceptors (Lipinski definition) is 7. The highest BCUT2D eigenvalue weighted by molar-refractivity contribution is 7.47. The van der Waals surface area contributed by atoms with Crippen molar-refractivity contribution in [3.8, 4) is 0 Å². The van der Waals surface area contributed by atoms with Crippen LogP contribution in [0.5, 0.6) is 0 Å². The van der Waals surface area contributed by atoms with Gasteiger partial charge in [0.25, 0.3) is 0 Å². The molecule has 0 aliphatic rings. The zero-order valence-corrected chi connectivity index (χ0v) is 58.1. The third-order valence-electron chi connectivity index (χ3n) is 14.9. The Bertz CT molecular complexity index is 2000. The van der Waals surface area contributed by atoms with Gasteiger partial charge in [-0.15, -0.1) is 0 Å². The van der Waals surface area contributed by atoms with Crippen molar-refractivity contribution in [2.75, 3.05) is 47.5 Å². The molecule has 0 amide bonds. The van der Waals surface area contributed by atoms with Crippen LogP contribution in [0, 0.1) is 0 Å². The summed E-state index contributed by atoms with van der Waals surface area (Å²) in [4.78, 5) is 35.9. The van der Waals surface area contributed by atoms with Gasteiger partial charge < -0.3 is 18.9 Å². The van der Waals surface area contributed by atoms with E-state index < -0.39 is 26.5 Å². The normalized spacial score (nSPS) is 14.0. The molecule has 1 N–H and O–H groups in total. The largest absolute Gasteiger partial charge is 0.472 e. The molecule has 0 spiro atoms. The lowest BCUT2D eigenvalue weighted by Gasteiger charge is -2.24. The number of quaternary nitrogens is 1. The molecule has 0 heterocycles. The summed E-state index contributed by atoms with van der Waals surface area (Å²) >= 11 is 0. The van der Waals surface area contributed by atoms with Crippen LogP contribution in [-0.2, 0) is 32.7 Å². The van der Waals surface area contributed by atoms with Gasteiger partial charge in [-0.1, -0.05) is 301 Å². The number of unbranched alkanes of at least 4 members (excludes halogenated alkanes) is 26. The summed E-state index contributed by atoms with van der Waals surface area (Å²) in [5.74, 6) is -0.801. The van der Waals surface area contributed by atoms with Gasteiger partial charge in [0.1, 0.15) is 19.8 Å². The van der Waals surface area contributed by atoms with Crippen LogP contribution in [0.25, 0.3) is 0 Å². The molecule has 0 saturated heterocycles. The molecule has 88 heavy (non-hydrogen) atoms. The van der Waals surface area contributed by atoms with Crippen molar-refractivity contribution < 1.29 is 42.1 Å². The lowest BCUT2D eigenvalue weighted by Crippen LogP contribution is -2.37. The summed E-state index contributed by atoms with van der Waals surface area (Å²) in [5, 5.41) is 0. The lowest BCUT2D eigenvalue weighted by atomic mass is 10.0. The van der Waals surface area contributed by atoms with Crippen LogP contribution in [0.2, 0.25) is 0 Å². The molecule has 10 heteroatoms. The van der Waals surface area contributed by atoms with Crippen molar-refractivity contribution in [1.82, 2.24) is 0 Å². The molecule has 0 bridgehead atoms. The first kappa shape index (κ1) is 83.9. The second kappa shape index (κ2) is 67.3. The fourth-order valence-electron chi connectivity index (χ4n) is 9.50. The first-order valence-corrected chi connectivity index (χ1v) is 37.1. The van der Waals surface area contributed by atoms with Crippen LogP contribution >= 0.6 is 7.82 Å². The van der Waals surface area contributed by atoms with Gasteiger partial charge in [-0.2, -0.15) is 0 Å². The Hall–Kier alpha value is -4.11. The predicted octanol–water partition coefficient (Wildman–Crippen LogP) is 23.4. The molecule has 502 valence electrons. The van der Waals surface area contributed by atoms with E-state index in [4.69, 9.17) is 18.5 Å². The molecular formula is C78H133NO8P+. The molecule has 2 unspecified atom stereocenters. The SMILES string of the molecule is CC/C=C\C/C=C\C/C=C\C/C=C\C/C=C\C/C=C\CCCCCCCCCCCCCCCCC(=O)OC(COC(=O)CCCCCCCCCCCCCC/C=C\C/C=C\C/C=C\C/C=C\C/C=C\C/C=C\CC)COP(=O)(O)OCC[N+](C)(C)C. The van der Waals surface area contributed by atoms with E-state index in [0.29, 0.717) is 17.4 Å². The first-order valence-electron chi connectivity index (χ1n) is 35.6. The highest BCUT2D eigenvalue weighted by Gasteiger charge is 2.27. The number of rotatable bonds is 64. The maximum atomic E-state index is 12.9. The van der Waals surface area contributed by atoms with Crippen molar-refractivity contribution in [2.45, 2.75) is 290 Å². The molecule has 0 saturated carbocycles. The standard InChI is InChI=1S/C78H132NO8P/c1-6-8-10-12-14-16-18-20-22-24-26-28-30-32-34-36-38-39-41-43-45-47-49-51-53-55-57-59-61-63-65-67-69-71-78(81)87-76(75-86-88(82,83)85-73-72-79(3,4)5)74-84-77(80)70-68-66-64-62-60-58-56-54-52-50-48-46-44-42-40-37-35-33-31-29-27-25-23-21-19-17-15-13-11-9-7-2/h8-11,14-17,20-23,26-29,32-35,38-40,42,76H,6-7,12-13,18-19,24-25,30-31,36-37,41,43-75H2,1-5H3/p+1/b10-8-,11-9-,16-14-,17-15-,22-20-,23-21-,28-26-,29-27-,34-32-,35-33-,39-38-,42-40-. The van der Waals surface area contributed by atoms with Gasteiger partial charge >= 0.3 is 19.8 Å². The third-order valence-corrected chi connectivity index (χ3v) is 15.8. The van der Waals surface area contributed by atoms with Crippen LogP contribution in [0.4, 0.5) is 0 Å². The topological polar surface area (TPSA) is 108 Å². The Morgan fingerprint density at radius 1 is 0.352 bits per heavy atom. The molecule has 0 aromatic carbocycles. The predicted molar refractivity (Wildman–Crippen MR) is 380 cm³/mol. The Morgan fingerprint density at radius 2 is 0.614 bits per heavy atom. The van der Waals surface area contributed by atoms with Gasteiger partial charge in [0.05, 0.1) is 27.7 Å². The molecule has 2 atom stereocenters. The van der Waals surface area contributed by atoms with Crippen molar-refractivity contribution in [3.05, 3.63) is 146 Å². The number of esters is 2. The quantitative estimate of drug-likeness (QED) is 0.0211. The number of allylic oxidation sites excluding steroid dienone is 24. The van der Waals surface area contributed by atoms with Gasteiger partial charge in [-0.3, -0.25) is 18.6 Å². The zero-order valence-electron chi connectivity index (χ0n) is 57.2. The monoisotopic (exact) mass is 1240 g/mol. The smallest absolute Gasteiger partial charge is 0.462 e. The fraction of sp³-hybridized carbons (Fsp3) is 0.667. The molecule has 0 aliphatic carbocycles. The Morgan fingerprint density at radius 3 is 0.909 bits per heavy atom. The Labute approximate surface area is 542 Å². The first-order chi connectivity index (χ1) is 43.0. The molecule has 9 nitrogen and oxygen atoms in total. The van der Waals surface area contributed by atoms with E-state index >= 15 is 0 Å². The number of phosphoric ester groups is 1. The second-order valence-electron chi connectivity index (χ2n) is 24.5. The average molecular weight is 1240 g/mol. The summed E-state index contributed by atoms with van der Waals surface area (Å²) in [6.45, 7) is 4.21. The average Bonchev–Trinajstić information content (AvgIpc) is 3.56. The summed E-state index contributed by atoms with van der Waals surface area (Å²) in [6, 6.07) is 0. The van der Waals surface area contributed by atoms with Crippen LogP contribution in [-0.4, -0.2) is 74.9 Å². The van der Waals surface area contributed by atoms with Gasteiger partial charge in [-0.25, -0.2) is 4.57 Å². The Balaban J connectivity index is 4.08. The summed E-state index contributed by atoms with van der Waals surface area (Å²) in [7, 11) is 1.47. The summed E-state index contributed by atoms with van der Waals surface area (Å²) in [5.41, 5.74) is 0. The van der Waals surface area contributed by atoms with E-state index in [-0.39, 0.29) is 32.0 Å². The molecule has 0 rings (SSSR count). The number of phosphoric acid groups is 1. The van der Waals surface area contributed by atoms with E-state index in [1.807, 2.05) is 21.1 Å². The molecule has 0 aromatic heterocycles. The minimum Gasteiger partial charge on any atom is -0.462 e. The number of nitrogens with zero attached hydrogens (tertiary/aromatic N) is 1. The van der Waals surface area contributed by atoms with Gasteiger partial charge in [0.15, 0.2) is 6.10 Å². The van der Waals surface area contributed by atoms with E-state index in [1.165, 1.54) is 135 Å². The van der Waals surface area contributed by atoms with Crippen molar-refractivity contribution in [2.24, 2.45) is 0 Å². The van der Waals surface area contributed by atoms with Gasteiger partial charge in [0, 0.05) is 12.8 Å². The van der Waals surface area contributed by atoms with Crippen molar-refractivity contribution >= 4 is 19.8 Å². The summed E-state index contributed by atoms with van der Waals surface area (Å²) < 4.78 is 34.7. The van der Waals surface area contributed by atoms with E-state index in [1.54, 1.807) is 0 Å². The summed E-state index contributed by atoms with van der Waals surface area (Å²) in [6.07, 6.45) is 99.4. The van der Waals surface area contributed by atoms with Gasteiger partial charge in [0.2, 0.25) is 0 Å². The number of carbonyl (C=O) groups is 2. The fourth-order valence-corrected chi connectivity index (χ4v) is 10.2. The molecular weight excluding hydrogens is 1110 g/mol. The minimum atomic E-state index is -4.40. The van der Waals surface area contributed by atoms with Crippen molar-refractivity contribution in [1.29, 1.82) is 0 Å². The number of ether oxygens (including phenoxy) is 2. The molecule has 0 fully saturated rings. The van der Waals surface area contributed by atoms with Crippen LogP contribution in [0.3, 0.4) is 0 Å². The highest BCUT2D eigenvalue weighted by atomic mass is 31.2. The van der Waals surface area contributed by atoms with Crippen LogP contribution < -0.4 is 0 Å². The number of likely N-dealkylation sites (N-methyl/N-ethyl adjacent to an activating group) is 1. The number of hydrogen-bond donors (Lipinski definition) is 1.